The molecule has 0 bridgehead atoms. The topological polar surface area (TPSA) is 114 Å². The van der Waals surface area contributed by atoms with Crippen LogP contribution in [0.25, 0.3) is 0 Å². The zero-order chi connectivity index (χ0) is 15.9. The summed E-state index contributed by atoms with van der Waals surface area (Å²) in [5.74, 6) is -0.809. The first kappa shape index (κ1) is 15.6. The van der Waals surface area contributed by atoms with Crippen molar-refractivity contribution in [3.63, 3.8) is 0 Å². The number of aromatic nitrogens is 1. The number of nitro groups is 1. The Morgan fingerprint density at radius 1 is 1.18 bits per heavy atom. The van der Waals surface area contributed by atoms with Crippen molar-refractivity contribution in [2.45, 2.75) is 12.8 Å². The Morgan fingerprint density at radius 3 is 2.50 bits per heavy atom. The van der Waals surface area contributed by atoms with E-state index in [1.165, 1.54) is 29.5 Å². The number of carbonyl (C=O) groups is 2. The van der Waals surface area contributed by atoms with Gasteiger partial charge in [-0.1, -0.05) is 12.1 Å². The third-order valence-electron chi connectivity index (χ3n) is 2.63. The van der Waals surface area contributed by atoms with Crippen molar-refractivity contribution in [3.8, 4) is 0 Å². The van der Waals surface area contributed by atoms with Gasteiger partial charge in [0.05, 0.1) is 4.92 Å². The number of nitro benzene ring substituents is 1. The van der Waals surface area contributed by atoms with Crippen LogP contribution in [0.15, 0.2) is 35.8 Å². The second kappa shape index (κ2) is 7.27. The third kappa shape index (κ3) is 4.35. The number of nitrogens with one attached hydrogen (secondary N) is 2. The molecule has 9 heteroatoms. The third-order valence-corrected chi connectivity index (χ3v) is 3.32. The molecule has 2 rings (SSSR count). The maximum Gasteiger partial charge on any atom is 0.292 e. The van der Waals surface area contributed by atoms with Gasteiger partial charge < -0.3 is 10.6 Å². The van der Waals surface area contributed by atoms with Crippen molar-refractivity contribution >= 4 is 39.7 Å². The molecule has 0 aliphatic carbocycles. The van der Waals surface area contributed by atoms with E-state index in [1.54, 1.807) is 17.6 Å². The minimum atomic E-state index is -0.579. The molecule has 0 radical (unpaired) electrons. The summed E-state index contributed by atoms with van der Waals surface area (Å²) in [6, 6.07) is 5.82. The van der Waals surface area contributed by atoms with E-state index in [-0.39, 0.29) is 30.1 Å². The first-order chi connectivity index (χ1) is 10.6. The summed E-state index contributed by atoms with van der Waals surface area (Å²) in [6.07, 6.45) is 1.44. The molecular formula is C13H12N4O4S. The molecule has 114 valence electrons. The van der Waals surface area contributed by atoms with Crippen molar-refractivity contribution in [1.82, 2.24) is 4.98 Å². The number of benzene rings is 1. The van der Waals surface area contributed by atoms with Crippen LogP contribution in [0.4, 0.5) is 16.5 Å². The van der Waals surface area contributed by atoms with Gasteiger partial charge in [-0.15, -0.1) is 11.3 Å². The minimum Gasteiger partial charge on any atom is -0.320 e. The molecule has 1 aromatic carbocycles. The molecule has 0 atom stereocenters. The molecule has 0 unspecified atom stereocenters. The Morgan fingerprint density at radius 2 is 1.86 bits per heavy atom. The van der Waals surface area contributed by atoms with Gasteiger partial charge in [0.2, 0.25) is 11.8 Å². The number of anilines is 2. The second-order valence-electron chi connectivity index (χ2n) is 4.21. The van der Waals surface area contributed by atoms with Gasteiger partial charge in [0, 0.05) is 30.5 Å². The summed E-state index contributed by atoms with van der Waals surface area (Å²) in [4.78, 5) is 37.5. The Balaban J connectivity index is 1.86. The van der Waals surface area contributed by atoms with Gasteiger partial charge in [-0.3, -0.25) is 19.7 Å². The maximum atomic E-state index is 11.8. The van der Waals surface area contributed by atoms with E-state index in [2.05, 4.69) is 15.6 Å². The SMILES string of the molecule is O=C(CCC(=O)Nc1ccccc1[N+](=O)[O-])Nc1nccs1. The fraction of sp³-hybridized carbons (Fsp3) is 0.154. The quantitative estimate of drug-likeness (QED) is 0.626. The van der Waals surface area contributed by atoms with Gasteiger partial charge in [0.25, 0.3) is 5.69 Å². The first-order valence-corrected chi connectivity index (χ1v) is 7.17. The molecule has 1 aromatic heterocycles. The highest BCUT2D eigenvalue weighted by molar-refractivity contribution is 7.13. The van der Waals surface area contributed by atoms with Crippen LogP contribution in [0, 0.1) is 10.1 Å². The number of hydrogen-bond donors (Lipinski definition) is 2. The molecule has 1 heterocycles. The Hall–Kier alpha value is -2.81. The van der Waals surface area contributed by atoms with Crippen molar-refractivity contribution in [1.29, 1.82) is 0 Å². The number of thiazole rings is 1. The molecule has 0 saturated carbocycles. The monoisotopic (exact) mass is 320 g/mol. The number of nitrogens with zero attached hydrogens (tertiary/aromatic N) is 2. The lowest BCUT2D eigenvalue weighted by Crippen LogP contribution is -2.17. The normalized spacial score (nSPS) is 10.0. The van der Waals surface area contributed by atoms with Crippen molar-refractivity contribution in [2.75, 3.05) is 10.6 Å². The summed E-state index contributed by atoms with van der Waals surface area (Å²) in [7, 11) is 0. The number of rotatable bonds is 6. The smallest absolute Gasteiger partial charge is 0.292 e. The molecule has 22 heavy (non-hydrogen) atoms. The zero-order valence-electron chi connectivity index (χ0n) is 11.3. The van der Waals surface area contributed by atoms with Gasteiger partial charge in [-0.25, -0.2) is 4.98 Å². The van der Waals surface area contributed by atoms with E-state index in [9.17, 15) is 19.7 Å². The molecule has 2 aromatic rings. The van der Waals surface area contributed by atoms with Gasteiger partial charge >= 0.3 is 0 Å². The van der Waals surface area contributed by atoms with E-state index in [4.69, 9.17) is 0 Å². The molecule has 0 aliphatic heterocycles. The predicted molar refractivity (Wildman–Crippen MR) is 81.7 cm³/mol. The lowest BCUT2D eigenvalue weighted by Gasteiger charge is -2.05. The van der Waals surface area contributed by atoms with Gasteiger partial charge in [0.15, 0.2) is 5.13 Å². The van der Waals surface area contributed by atoms with Crippen LogP contribution >= 0.6 is 11.3 Å². The largest absolute Gasteiger partial charge is 0.320 e. The zero-order valence-corrected chi connectivity index (χ0v) is 12.1. The van der Waals surface area contributed by atoms with Crippen LogP contribution in [0.1, 0.15) is 12.8 Å². The van der Waals surface area contributed by atoms with Crippen molar-refractivity contribution in [2.24, 2.45) is 0 Å². The first-order valence-electron chi connectivity index (χ1n) is 6.29. The van der Waals surface area contributed by atoms with Crippen molar-refractivity contribution in [3.05, 3.63) is 46.0 Å². The second-order valence-corrected chi connectivity index (χ2v) is 5.10. The molecule has 0 saturated heterocycles. The van der Waals surface area contributed by atoms with Gasteiger partial charge in [-0.05, 0) is 6.07 Å². The molecule has 2 N–H and O–H groups in total. The van der Waals surface area contributed by atoms with Crippen LogP contribution in [0.2, 0.25) is 0 Å². The molecule has 2 amide bonds. The highest BCUT2D eigenvalue weighted by Gasteiger charge is 2.15. The fourth-order valence-corrected chi connectivity index (χ4v) is 2.19. The summed E-state index contributed by atoms with van der Waals surface area (Å²) in [5, 5.41) is 18.0. The van der Waals surface area contributed by atoms with Crippen LogP contribution < -0.4 is 10.6 Å². The molecule has 8 nitrogen and oxygen atoms in total. The van der Waals surface area contributed by atoms with Crippen LogP contribution in [-0.2, 0) is 9.59 Å². The average molecular weight is 320 g/mol. The summed E-state index contributed by atoms with van der Waals surface area (Å²) in [6.45, 7) is 0. The number of hydrogen-bond acceptors (Lipinski definition) is 6. The summed E-state index contributed by atoms with van der Waals surface area (Å²) >= 11 is 1.27. The van der Waals surface area contributed by atoms with E-state index in [1.807, 2.05) is 0 Å². The van der Waals surface area contributed by atoms with E-state index >= 15 is 0 Å². The summed E-state index contributed by atoms with van der Waals surface area (Å²) < 4.78 is 0. The summed E-state index contributed by atoms with van der Waals surface area (Å²) in [5.41, 5.74) is -0.0825. The average Bonchev–Trinajstić information content (AvgIpc) is 2.98. The predicted octanol–water partition coefficient (Wildman–Crippen LogP) is 2.41. The highest BCUT2D eigenvalue weighted by atomic mass is 32.1. The maximum absolute atomic E-state index is 11.8. The molecule has 0 fully saturated rings. The lowest BCUT2D eigenvalue weighted by molar-refractivity contribution is -0.383. The van der Waals surface area contributed by atoms with Gasteiger partial charge in [-0.2, -0.15) is 0 Å². The minimum absolute atomic E-state index is 0.0357. The van der Waals surface area contributed by atoms with Crippen molar-refractivity contribution < 1.29 is 14.5 Å². The number of amides is 2. The number of carbonyl (C=O) groups excluding carboxylic acids is 2. The van der Waals surface area contributed by atoms with Gasteiger partial charge in [0.1, 0.15) is 5.69 Å². The molecule has 0 spiro atoms. The number of para-hydroxylation sites is 2. The van der Waals surface area contributed by atoms with Crippen LogP contribution in [0.3, 0.4) is 0 Å². The lowest BCUT2D eigenvalue weighted by atomic mass is 10.2. The molecular weight excluding hydrogens is 308 g/mol. The van der Waals surface area contributed by atoms with Crippen LogP contribution in [-0.4, -0.2) is 21.7 Å². The fourth-order valence-electron chi connectivity index (χ4n) is 1.65. The standard InChI is InChI=1S/C13H12N4O4S/c18-11(5-6-12(19)16-13-14-7-8-22-13)15-9-3-1-2-4-10(9)17(20)21/h1-4,7-8H,5-6H2,(H,15,18)(H,14,16,19). The Bertz CT molecular complexity index is 687. The molecule has 0 aliphatic rings. The Kier molecular flexibility index (Phi) is 5.15. The van der Waals surface area contributed by atoms with E-state index in [0.717, 1.165) is 0 Å². The van der Waals surface area contributed by atoms with Crippen LogP contribution in [0.5, 0.6) is 0 Å². The van der Waals surface area contributed by atoms with E-state index < -0.39 is 10.8 Å². The Labute approximate surface area is 129 Å². The van der Waals surface area contributed by atoms with E-state index in [0.29, 0.717) is 5.13 Å². The highest BCUT2D eigenvalue weighted by Crippen LogP contribution is 2.23.